The normalized spacial score (nSPS) is 18.8. The zero-order valence-electron chi connectivity index (χ0n) is 32.2. The first-order chi connectivity index (χ1) is 23.5. The van der Waals surface area contributed by atoms with Crippen molar-refractivity contribution in [3.8, 4) is 0 Å². The number of hydrogen-bond acceptors (Lipinski definition) is 5. The Kier molecular flexibility index (Phi) is 39.9. The number of hydrogen-bond donors (Lipinski definition) is 1. The van der Waals surface area contributed by atoms with E-state index in [9.17, 15) is 9.59 Å². The van der Waals surface area contributed by atoms with Crippen molar-refractivity contribution >= 4 is 107 Å². The van der Waals surface area contributed by atoms with E-state index in [-0.39, 0.29) is 40.0 Å². The van der Waals surface area contributed by atoms with Crippen LogP contribution in [0.15, 0.2) is 60.7 Å². The fraction of sp³-hybridized carbons (Fsp3) is 0.632. The van der Waals surface area contributed by atoms with Gasteiger partial charge < -0.3 is 20.0 Å². The zero-order valence-corrected chi connectivity index (χ0v) is 43.1. The van der Waals surface area contributed by atoms with Crippen LogP contribution in [0.5, 0.6) is 0 Å². The molecule has 50 heavy (non-hydrogen) atoms. The van der Waals surface area contributed by atoms with Gasteiger partial charge in [-0.1, -0.05) is 116 Å². The number of likely N-dealkylation sites (N-methyl/N-ethyl adjacent to an activating group) is 2. The number of halogens is 5. The van der Waals surface area contributed by atoms with Gasteiger partial charge in [0.05, 0.1) is 0 Å². The summed E-state index contributed by atoms with van der Waals surface area (Å²) in [6, 6.07) is 22.6. The van der Waals surface area contributed by atoms with Crippen LogP contribution >= 0.6 is 95.5 Å². The molecule has 2 fully saturated rings. The molecule has 290 valence electrons. The monoisotopic (exact) mass is 1200 g/mol. The molecular formula is C38H66ClI4N4O2V. The van der Waals surface area contributed by atoms with Gasteiger partial charge in [-0.3, -0.25) is 9.59 Å². The molecule has 0 unspecified atom stereocenters. The van der Waals surface area contributed by atoms with E-state index in [1.54, 1.807) is 6.92 Å². The Morgan fingerprint density at radius 1 is 0.740 bits per heavy atom. The number of benzene rings is 2. The van der Waals surface area contributed by atoms with E-state index in [0.717, 1.165) is 39.1 Å². The molecule has 4 atom stereocenters. The number of nitrogens with one attached hydrogen (secondary N) is 1. The number of likely N-dealkylation sites (tertiary alicyclic amines) is 1. The van der Waals surface area contributed by atoms with E-state index in [4.69, 9.17) is 11.6 Å². The molecular weight excluding hydrogens is 1140 g/mol. The number of rotatable bonds is 10. The average molecular weight is 1200 g/mol. The molecule has 2 heterocycles. The summed E-state index contributed by atoms with van der Waals surface area (Å²) < 4.78 is 0. The molecule has 1 amide bonds. The minimum atomic E-state index is -0.278. The quantitative estimate of drug-likeness (QED) is 0.190. The van der Waals surface area contributed by atoms with Gasteiger partial charge in [0.25, 0.3) is 0 Å². The molecule has 4 rings (SSSR count). The second-order valence-electron chi connectivity index (χ2n) is 11.3. The Labute approximate surface area is 366 Å². The third kappa shape index (κ3) is 23.9. The second kappa shape index (κ2) is 35.9. The summed E-state index contributed by atoms with van der Waals surface area (Å²) in [6.45, 7) is 22.3. The molecule has 0 radical (unpaired) electrons. The van der Waals surface area contributed by atoms with Crippen molar-refractivity contribution in [2.75, 3.05) is 53.4 Å². The van der Waals surface area contributed by atoms with Crippen LogP contribution in [0.3, 0.4) is 0 Å². The van der Waals surface area contributed by atoms with Gasteiger partial charge in [-0.15, -0.1) is 24.0 Å². The van der Waals surface area contributed by atoms with Crippen molar-refractivity contribution in [3.63, 3.8) is 0 Å². The zero-order chi connectivity index (χ0) is 37.8. The van der Waals surface area contributed by atoms with Gasteiger partial charge in [0, 0.05) is 62.9 Å². The minimum absolute atomic E-state index is 0. The fourth-order valence-electron chi connectivity index (χ4n) is 5.89. The van der Waals surface area contributed by atoms with Crippen LogP contribution in [0.25, 0.3) is 0 Å². The predicted molar refractivity (Wildman–Crippen MR) is 253 cm³/mol. The molecule has 0 bridgehead atoms. The summed E-state index contributed by atoms with van der Waals surface area (Å²) >= 11 is 12.2. The standard InChI is InChI=1S/C17H26N2O.C14H22N2.C3H5ClO.2C2H6.4HI.V/c1-4-11-18(3)16-13-19(17(20)5-2)12-15(16)14-9-7-6-8-10-14;1-3-9-16(2)14-11-15-10-13(14)12-7-5-4-6-8-12;1-2-3(4)5;2*1-2;;;;;/h6-10,15-16H,4-5,11-13H2,1-3H3;4-8,13-15H,3,9-11H2,1-2H3;2H2,1H3;2*1-2H3;4*1H;/q;;;;;;;;;+3/p-3/t15-,16+;13-,14+;;;;;;;;/m11......../s1. The van der Waals surface area contributed by atoms with Gasteiger partial charge in [-0.05, 0) is 62.8 Å². The van der Waals surface area contributed by atoms with Gasteiger partial charge in [0.2, 0.25) is 11.1 Å². The van der Waals surface area contributed by atoms with E-state index in [1.807, 2.05) is 39.5 Å². The molecule has 2 aromatic rings. The molecule has 6 nitrogen and oxygen atoms in total. The van der Waals surface area contributed by atoms with Gasteiger partial charge in [-0.25, -0.2) is 0 Å². The molecule has 1 N–H and O–H groups in total. The van der Waals surface area contributed by atoms with Gasteiger partial charge in [0.1, 0.15) is 0 Å². The molecule has 2 saturated heterocycles. The summed E-state index contributed by atoms with van der Waals surface area (Å²) in [7, 11) is 4.43. The third-order valence-electron chi connectivity index (χ3n) is 8.14. The Hall–Kier alpha value is 1.25. The van der Waals surface area contributed by atoms with E-state index in [2.05, 4.69) is 164 Å². The maximum atomic E-state index is 12.0. The van der Waals surface area contributed by atoms with Crippen molar-refractivity contribution in [1.82, 2.24) is 20.0 Å². The van der Waals surface area contributed by atoms with Crippen LogP contribution in [0.2, 0.25) is 0 Å². The summed E-state index contributed by atoms with van der Waals surface area (Å²) in [5.41, 5.74) is 2.83. The molecule has 2 aliphatic rings. The topological polar surface area (TPSA) is 55.9 Å². The molecule has 0 spiro atoms. The average Bonchev–Trinajstić information content (AvgIpc) is 3.80. The van der Waals surface area contributed by atoms with Crippen LogP contribution in [-0.2, 0) is 14.5 Å². The van der Waals surface area contributed by atoms with Gasteiger partial charge in [0.15, 0.2) is 0 Å². The van der Waals surface area contributed by atoms with Crippen LogP contribution in [-0.4, -0.2) is 91.3 Å². The van der Waals surface area contributed by atoms with Crippen LogP contribution < -0.4 is 5.32 Å². The Morgan fingerprint density at radius 3 is 1.52 bits per heavy atom. The number of amides is 1. The Morgan fingerprint density at radius 2 is 1.14 bits per heavy atom. The van der Waals surface area contributed by atoms with E-state index >= 15 is 0 Å². The molecule has 2 aliphatic heterocycles. The van der Waals surface area contributed by atoms with Crippen LogP contribution in [0.1, 0.15) is 104 Å². The van der Waals surface area contributed by atoms with Crippen molar-refractivity contribution in [2.24, 2.45) is 0 Å². The van der Waals surface area contributed by atoms with E-state index < -0.39 is 0 Å². The summed E-state index contributed by atoms with van der Waals surface area (Å²) in [5, 5.41) is 3.25. The first-order valence-corrected chi connectivity index (χ1v) is 31.8. The van der Waals surface area contributed by atoms with Crippen molar-refractivity contribution in [1.29, 1.82) is 0 Å². The number of carbonyl (C=O) groups excluding carboxylic acids is 2. The van der Waals surface area contributed by atoms with Crippen LogP contribution in [0, 0.1) is 0 Å². The second-order valence-corrected chi connectivity index (χ2v) is 47.1. The fourth-order valence-corrected chi connectivity index (χ4v) is 5.89. The van der Waals surface area contributed by atoms with Crippen molar-refractivity contribution < 1.29 is 14.5 Å². The third-order valence-corrected chi connectivity index (χ3v) is 8.41. The Bertz CT molecular complexity index is 1080. The van der Waals surface area contributed by atoms with E-state index in [1.165, 1.54) is 24.1 Å². The SMILES string of the molecule is CC.CC.CCC(=O)Cl.CCCN(C)[C@H]1CN(C(=O)CC)C[C@@H]1c1ccccc1.CCCN(C)[C@H]1CNC[C@@H]1c1ccccc1.I.[I][V]([I])[I]. The number of nitrogens with zero attached hydrogens (tertiary/aromatic N) is 3. The molecule has 12 heteroatoms. The van der Waals surface area contributed by atoms with E-state index in [0.29, 0.717) is 36.8 Å². The molecule has 2 aromatic carbocycles. The summed E-state index contributed by atoms with van der Waals surface area (Å²) in [4.78, 5) is 28.3. The predicted octanol–water partition coefficient (Wildman–Crippen LogP) is 11.3. The number of carbonyl (C=O) groups is 2. The van der Waals surface area contributed by atoms with Crippen molar-refractivity contribution in [3.05, 3.63) is 71.8 Å². The summed E-state index contributed by atoms with van der Waals surface area (Å²) in [5.74, 6) is 1.36. The molecule has 0 aliphatic carbocycles. The van der Waals surface area contributed by atoms with Crippen LogP contribution in [0.4, 0.5) is 0 Å². The van der Waals surface area contributed by atoms with Gasteiger partial charge >= 0.3 is 64.9 Å². The summed E-state index contributed by atoms with van der Waals surface area (Å²) in [6.07, 6.45) is 3.41. The van der Waals surface area contributed by atoms with Gasteiger partial charge in [-0.2, -0.15) is 0 Å². The first-order valence-electron chi connectivity index (χ1n) is 17.9. The maximum absolute atomic E-state index is 12.0. The Balaban J connectivity index is -0.000000656. The van der Waals surface area contributed by atoms with Crippen molar-refractivity contribution in [2.45, 2.75) is 105 Å². The first kappa shape index (κ1) is 55.6. The molecule has 0 aromatic heterocycles. The molecule has 0 saturated carbocycles.